The van der Waals surface area contributed by atoms with Crippen molar-refractivity contribution < 1.29 is 19.1 Å². The van der Waals surface area contributed by atoms with Gasteiger partial charge in [-0.05, 0) is 44.0 Å². The fourth-order valence-electron chi connectivity index (χ4n) is 3.00. The van der Waals surface area contributed by atoms with E-state index in [1.807, 2.05) is 24.3 Å². The Balaban J connectivity index is 1.63. The van der Waals surface area contributed by atoms with E-state index in [9.17, 15) is 14.4 Å². The van der Waals surface area contributed by atoms with E-state index in [1.54, 1.807) is 18.6 Å². The highest BCUT2D eigenvalue weighted by Gasteiger charge is 2.30. The Labute approximate surface area is 168 Å². The summed E-state index contributed by atoms with van der Waals surface area (Å²) >= 11 is 0. The molecule has 9 nitrogen and oxygen atoms in total. The summed E-state index contributed by atoms with van der Waals surface area (Å²) in [6.07, 6.45) is 2.01. The Morgan fingerprint density at radius 1 is 1.21 bits per heavy atom. The normalized spacial score (nSPS) is 13.2. The van der Waals surface area contributed by atoms with E-state index in [0.29, 0.717) is 12.4 Å². The summed E-state index contributed by atoms with van der Waals surface area (Å²) in [5.41, 5.74) is 0.658. The van der Waals surface area contributed by atoms with Gasteiger partial charge >= 0.3 is 11.7 Å². The number of rotatable bonds is 10. The molecule has 1 aliphatic rings. The third-order valence-electron chi connectivity index (χ3n) is 4.64. The highest BCUT2D eigenvalue weighted by molar-refractivity contribution is 5.81. The third kappa shape index (κ3) is 5.24. The third-order valence-corrected chi connectivity index (χ3v) is 4.64. The van der Waals surface area contributed by atoms with E-state index in [0.717, 1.165) is 24.2 Å². The second-order valence-corrected chi connectivity index (χ2v) is 6.81. The number of hydrogen-bond acceptors (Lipinski definition) is 6. The van der Waals surface area contributed by atoms with Crippen molar-refractivity contribution in [3.05, 3.63) is 34.7 Å². The van der Waals surface area contributed by atoms with Crippen molar-refractivity contribution >= 4 is 11.9 Å². The predicted octanol–water partition coefficient (Wildman–Crippen LogP) is 1.51. The molecule has 1 saturated carbocycles. The number of aromatic nitrogens is 3. The van der Waals surface area contributed by atoms with Gasteiger partial charge in [-0.1, -0.05) is 0 Å². The lowest BCUT2D eigenvalue weighted by molar-refractivity contribution is -0.144. The lowest BCUT2D eigenvalue weighted by Crippen LogP contribution is -2.32. The van der Waals surface area contributed by atoms with Crippen LogP contribution in [0.3, 0.4) is 0 Å². The fourth-order valence-corrected chi connectivity index (χ4v) is 3.00. The number of carbonyl (C=O) groups is 2. The topological polar surface area (TPSA) is 104 Å². The predicted molar refractivity (Wildman–Crippen MR) is 106 cm³/mol. The van der Waals surface area contributed by atoms with Crippen LogP contribution in [0.4, 0.5) is 0 Å². The quantitative estimate of drug-likeness (QED) is 0.604. The molecule has 29 heavy (non-hydrogen) atoms. The summed E-state index contributed by atoms with van der Waals surface area (Å²) in [4.78, 5) is 36.0. The second-order valence-electron chi connectivity index (χ2n) is 6.81. The Morgan fingerprint density at radius 2 is 1.93 bits per heavy atom. The van der Waals surface area contributed by atoms with Gasteiger partial charge in [-0.3, -0.25) is 14.2 Å². The number of amides is 1. The number of esters is 1. The average molecular weight is 402 g/mol. The van der Waals surface area contributed by atoms with Crippen LogP contribution < -0.4 is 15.7 Å². The van der Waals surface area contributed by atoms with Crippen LogP contribution in [-0.4, -0.2) is 46.5 Å². The SMILES string of the molecule is CCOC(=O)CCC(=O)NCCn1nc(-c2ccc(OC)cc2)n(C2CC2)c1=O. The molecule has 0 spiro atoms. The first kappa shape index (κ1) is 20.6. The molecular weight excluding hydrogens is 376 g/mol. The second kappa shape index (κ2) is 9.40. The van der Waals surface area contributed by atoms with Crippen LogP contribution in [0.15, 0.2) is 29.1 Å². The van der Waals surface area contributed by atoms with Crippen LogP contribution in [-0.2, 0) is 20.9 Å². The molecule has 1 N–H and O–H groups in total. The Morgan fingerprint density at radius 3 is 2.55 bits per heavy atom. The van der Waals surface area contributed by atoms with Crippen LogP contribution in [0.2, 0.25) is 0 Å². The molecule has 0 aliphatic heterocycles. The highest BCUT2D eigenvalue weighted by Crippen LogP contribution is 2.36. The monoisotopic (exact) mass is 402 g/mol. The lowest BCUT2D eigenvalue weighted by atomic mass is 10.2. The molecule has 0 unspecified atom stereocenters. The standard InChI is InChI=1S/C20H26N4O5/c1-3-29-18(26)11-10-17(25)21-12-13-23-20(27)24(15-6-7-15)19(22-23)14-4-8-16(28-2)9-5-14/h4-5,8-9,15H,3,6-7,10-13H2,1-2H3,(H,21,25). The zero-order valence-electron chi connectivity index (χ0n) is 16.7. The zero-order valence-corrected chi connectivity index (χ0v) is 16.7. The molecule has 156 valence electrons. The lowest BCUT2D eigenvalue weighted by Gasteiger charge is -2.05. The molecule has 0 saturated heterocycles. The molecule has 1 amide bonds. The maximum Gasteiger partial charge on any atom is 0.346 e. The first-order valence-electron chi connectivity index (χ1n) is 9.79. The minimum Gasteiger partial charge on any atom is -0.497 e. The molecule has 1 aromatic heterocycles. The molecular formula is C20H26N4O5. The number of benzene rings is 1. The highest BCUT2D eigenvalue weighted by atomic mass is 16.5. The summed E-state index contributed by atoms with van der Waals surface area (Å²) in [6.45, 7) is 2.53. The number of carbonyl (C=O) groups excluding carboxylic acids is 2. The maximum atomic E-state index is 12.8. The van der Waals surface area contributed by atoms with Gasteiger partial charge in [0.1, 0.15) is 5.75 Å². The molecule has 2 aromatic rings. The molecule has 1 aliphatic carbocycles. The van der Waals surface area contributed by atoms with Crippen molar-refractivity contribution in [1.82, 2.24) is 19.7 Å². The van der Waals surface area contributed by atoms with Crippen LogP contribution in [0.5, 0.6) is 5.75 Å². The van der Waals surface area contributed by atoms with E-state index in [-0.39, 0.29) is 43.6 Å². The minimum absolute atomic E-state index is 0.0392. The zero-order chi connectivity index (χ0) is 20.8. The average Bonchev–Trinajstić information content (AvgIpc) is 3.51. The summed E-state index contributed by atoms with van der Waals surface area (Å²) in [6, 6.07) is 7.59. The molecule has 0 atom stereocenters. The van der Waals surface area contributed by atoms with Crippen molar-refractivity contribution in [2.24, 2.45) is 0 Å². The van der Waals surface area contributed by atoms with Gasteiger partial charge in [0.25, 0.3) is 0 Å². The summed E-state index contributed by atoms with van der Waals surface area (Å²) in [5, 5.41) is 7.21. The van der Waals surface area contributed by atoms with Crippen molar-refractivity contribution in [3.63, 3.8) is 0 Å². The summed E-state index contributed by atoms with van der Waals surface area (Å²) in [7, 11) is 1.60. The number of nitrogens with one attached hydrogen (secondary N) is 1. The van der Waals surface area contributed by atoms with Crippen molar-refractivity contribution in [1.29, 1.82) is 0 Å². The molecule has 3 rings (SSSR count). The molecule has 0 radical (unpaired) electrons. The van der Waals surface area contributed by atoms with Gasteiger partial charge in [0.2, 0.25) is 5.91 Å². The van der Waals surface area contributed by atoms with Gasteiger partial charge in [0, 0.05) is 24.6 Å². The maximum absolute atomic E-state index is 12.8. The van der Waals surface area contributed by atoms with Gasteiger partial charge in [0.05, 0.1) is 26.7 Å². The van der Waals surface area contributed by atoms with E-state index in [1.165, 1.54) is 4.68 Å². The summed E-state index contributed by atoms with van der Waals surface area (Å²) < 4.78 is 13.1. The minimum atomic E-state index is -0.397. The fraction of sp³-hybridized carbons (Fsp3) is 0.500. The van der Waals surface area contributed by atoms with E-state index in [4.69, 9.17) is 9.47 Å². The van der Waals surface area contributed by atoms with Crippen LogP contribution in [0, 0.1) is 0 Å². The van der Waals surface area contributed by atoms with E-state index in [2.05, 4.69) is 10.4 Å². The molecule has 0 bridgehead atoms. The van der Waals surface area contributed by atoms with Gasteiger partial charge in [-0.2, -0.15) is 0 Å². The first-order chi connectivity index (χ1) is 14.0. The Bertz CT molecular complexity index is 912. The smallest absolute Gasteiger partial charge is 0.346 e. The van der Waals surface area contributed by atoms with Gasteiger partial charge < -0.3 is 14.8 Å². The largest absolute Gasteiger partial charge is 0.497 e. The molecule has 1 heterocycles. The first-order valence-corrected chi connectivity index (χ1v) is 9.79. The van der Waals surface area contributed by atoms with Crippen molar-refractivity contribution in [3.8, 4) is 17.1 Å². The number of hydrogen-bond donors (Lipinski definition) is 1. The molecule has 1 aromatic carbocycles. The number of nitrogens with zero attached hydrogens (tertiary/aromatic N) is 3. The van der Waals surface area contributed by atoms with Crippen molar-refractivity contribution in [2.75, 3.05) is 20.3 Å². The van der Waals surface area contributed by atoms with Gasteiger partial charge in [0.15, 0.2) is 5.82 Å². The molecule has 1 fully saturated rings. The van der Waals surface area contributed by atoms with Crippen LogP contribution in [0.25, 0.3) is 11.4 Å². The van der Waals surface area contributed by atoms with Crippen molar-refractivity contribution in [2.45, 2.75) is 45.2 Å². The van der Waals surface area contributed by atoms with E-state index >= 15 is 0 Å². The Kier molecular flexibility index (Phi) is 6.69. The number of methoxy groups -OCH3 is 1. The Hall–Kier alpha value is -3.10. The van der Waals surface area contributed by atoms with Crippen LogP contribution >= 0.6 is 0 Å². The molecule has 9 heteroatoms. The van der Waals surface area contributed by atoms with E-state index < -0.39 is 5.97 Å². The van der Waals surface area contributed by atoms with Gasteiger partial charge in [-0.25, -0.2) is 9.48 Å². The summed E-state index contributed by atoms with van der Waals surface area (Å²) in [5.74, 6) is 0.696. The van der Waals surface area contributed by atoms with Gasteiger partial charge in [-0.15, -0.1) is 5.10 Å². The number of ether oxygens (including phenoxy) is 2. The van der Waals surface area contributed by atoms with Crippen LogP contribution in [0.1, 0.15) is 38.6 Å².